The maximum atomic E-state index is 12.2. The number of hydrogen-bond acceptors (Lipinski definition) is 6. The van der Waals surface area contributed by atoms with Crippen molar-refractivity contribution >= 4 is 17.7 Å². The van der Waals surface area contributed by atoms with Gasteiger partial charge in [0.25, 0.3) is 0 Å². The summed E-state index contributed by atoms with van der Waals surface area (Å²) in [6, 6.07) is 1.79. The Labute approximate surface area is 128 Å². The summed E-state index contributed by atoms with van der Waals surface area (Å²) in [6.07, 6.45) is 1.53. The van der Waals surface area contributed by atoms with Crippen molar-refractivity contribution in [3.63, 3.8) is 0 Å². The Balaban J connectivity index is 2.67. The van der Waals surface area contributed by atoms with Gasteiger partial charge in [-0.25, -0.2) is 4.79 Å². The molecule has 0 N–H and O–H groups in total. The first-order valence-electron chi connectivity index (χ1n) is 6.88. The maximum absolute atomic E-state index is 12.2. The molecule has 2 heterocycles. The molecule has 0 amide bonds. The molecule has 0 aliphatic carbocycles. The third-order valence-electron chi connectivity index (χ3n) is 3.87. The lowest BCUT2D eigenvalue weighted by atomic mass is 9.77. The molecule has 6 nitrogen and oxygen atoms in total. The van der Waals surface area contributed by atoms with E-state index in [4.69, 9.17) is 13.9 Å². The van der Waals surface area contributed by atoms with Crippen molar-refractivity contribution in [1.29, 1.82) is 0 Å². The third-order valence-corrected chi connectivity index (χ3v) is 3.87. The van der Waals surface area contributed by atoms with Crippen LogP contribution in [0.3, 0.4) is 0 Å². The van der Waals surface area contributed by atoms with E-state index in [1.54, 1.807) is 19.9 Å². The minimum absolute atomic E-state index is 0.321. The second-order valence-electron chi connectivity index (χ2n) is 5.19. The first kappa shape index (κ1) is 16.0. The van der Waals surface area contributed by atoms with E-state index in [-0.39, 0.29) is 0 Å². The van der Waals surface area contributed by atoms with Gasteiger partial charge in [0.05, 0.1) is 32.0 Å². The summed E-state index contributed by atoms with van der Waals surface area (Å²) in [4.78, 5) is 28.8. The van der Waals surface area contributed by atoms with Crippen LogP contribution in [0.25, 0.3) is 0 Å². The summed E-state index contributed by atoms with van der Waals surface area (Å²) in [5.74, 6) is -1.76. The molecule has 1 unspecified atom stereocenters. The molecule has 118 valence electrons. The molecule has 1 aliphatic rings. The normalized spacial score (nSPS) is 21.4. The van der Waals surface area contributed by atoms with Crippen LogP contribution in [-0.4, -0.2) is 31.9 Å². The second-order valence-corrected chi connectivity index (χ2v) is 5.19. The Morgan fingerprint density at radius 1 is 1.18 bits per heavy atom. The van der Waals surface area contributed by atoms with Gasteiger partial charge in [0, 0.05) is 11.4 Å². The number of rotatable bonds is 3. The Hall–Kier alpha value is -2.37. The Kier molecular flexibility index (Phi) is 4.49. The van der Waals surface area contributed by atoms with Gasteiger partial charge in [0.2, 0.25) is 0 Å². The second kappa shape index (κ2) is 6.17. The van der Waals surface area contributed by atoms with Crippen LogP contribution in [0.15, 0.2) is 33.0 Å². The van der Waals surface area contributed by atoms with E-state index >= 15 is 0 Å². The smallest absolute Gasteiger partial charge is 0.336 e. The van der Waals surface area contributed by atoms with Gasteiger partial charge in [-0.05, 0) is 32.4 Å². The zero-order valence-corrected chi connectivity index (χ0v) is 13.3. The van der Waals surface area contributed by atoms with Crippen LogP contribution in [-0.2, 0) is 19.1 Å². The summed E-state index contributed by atoms with van der Waals surface area (Å²) in [5, 5.41) is 0. The molecule has 22 heavy (non-hydrogen) atoms. The van der Waals surface area contributed by atoms with E-state index in [1.807, 2.05) is 6.92 Å². The summed E-state index contributed by atoms with van der Waals surface area (Å²) >= 11 is 0. The van der Waals surface area contributed by atoms with E-state index in [2.05, 4.69) is 4.99 Å². The molecule has 0 radical (unpaired) electrons. The lowest BCUT2D eigenvalue weighted by Crippen LogP contribution is -2.36. The van der Waals surface area contributed by atoms with Crippen molar-refractivity contribution in [3.8, 4) is 0 Å². The van der Waals surface area contributed by atoms with Crippen LogP contribution in [0.5, 0.6) is 0 Å². The van der Waals surface area contributed by atoms with Crippen molar-refractivity contribution in [2.75, 3.05) is 14.2 Å². The quantitative estimate of drug-likeness (QED) is 0.801. The largest absolute Gasteiger partial charge is 0.468 e. The topological polar surface area (TPSA) is 78.1 Å². The first-order chi connectivity index (χ1) is 10.4. The molecule has 0 saturated heterocycles. The molecule has 0 bridgehead atoms. The molecular formula is C16H19NO5. The molecule has 1 aromatic rings. The van der Waals surface area contributed by atoms with Crippen molar-refractivity contribution in [2.24, 2.45) is 10.9 Å². The van der Waals surface area contributed by atoms with Gasteiger partial charge in [0.15, 0.2) is 0 Å². The van der Waals surface area contributed by atoms with Crippen LogP contribution in [0.1, 0.15) is 31.1 Å². The van der Waals surface area contributed by atoms with Crippen LogP contribution in [0, 0.1) is 12.8 Å². The SMILES string of the molecule is COC(=O)C1=C(C)N=C(C)C(C(=O)OC)[C@H]1c1occc1C. The highest BCUT2D eigenvalue weighted by molar-refractivity contribution is 6.06. The molecule has 0 fully saturated rings. The van der Waals surface area contributed by atoms with Gasteiger partial charge in [-0.1, -0.05) is 0 Å². The average Bonchev–Trinajstić information content (AvgIpc) is 2.91. The minimum Gasteiger partial charge on any atom is -0.468 e. The number of methoxy groups -OCH3 is 2. The van der Waals surface area contributed by atoms with Crippen LogP contribution < -0.4 is 0 Å². The zero-order valence-electron chi connectivity index (χ0n) is 13.3. The molecule has 2 rings (SSSR count). The van der Waals surface area contributed by atoms with Gasteiger partial charge in [-0.2, -0.15) is 0 Å². The number of aryl methyl sites for hydroxylation is 1. The number of carbonyl (C=O) groups is 2. The van der Waals surface area contributed by atoms with Crippen molar-refractivity contribution < 1.29 is 23.5 Å². The monoisotopic (exact) mass is 305 g/mol. The fraction of sp³-hybridized carbons (Fsp3) is 0.438. The Bertz CT molecular complexity index is 668. The van der Waals surface area contributed by atoms with E-state index in [0.717, 1.165) is 5.56 Å². The number of aliphatic imine (C=N–C) groups is 1. The van der Waals surface area contributed by atoms with Crippen LogP contribution in [0.2, 0.25) is 0 Å². The number of esters is 2. The highest BCUT2D eigenvalue weighted by atomic mass is 16.5. The molecule has 0 spiro atoms. The molecule has 1 aromatic heterocycles. The fourth-order valence-corrected chi connectivity index (χ4v) is 2.83. The molecule has 6 heteroatoms. The number of nitrogens with zero attached hydrogens (tertiary/aromatic N) is 1. The predicted octanol–water partition coefficient (Wildman–Crippen LogP) is 2.38. The summed E-state index contributed by atoms with van der Waals surface area (Å²) in [6.45, 7) is 5.32. The van der Waals surface area contributed by atoms with Crippen molar-refractivity contribution in [1.82, 2.24) is 0 Å². The molecule has 1 aliphatic heterocycles. The van der Waals surface area contributed by atoms with Crippen LogP contribution >= 0.6 is 0 Å². The summed E-state index contributed by atoms with van der Waals surface area (Å²) in [5.41, 5.74) is 2.27. The van der Waals surface area contributed by atoms with Crippen molar-refractivity contribution in [2.45, 2.75) is 26.7 Å². The summed E-state index contributed by atoms with van der Waals surface area (Å²) < 4.78 is 15.3. The van der Waals surface area contributed by atoms with Crippen molar-refractivity contribution in [3.05, 3.63) is 34.9 Å². The van der Waals surface area contributed by atoms with Gasteiger partial charge in [-0.15, -0.1) is 0 Å². The lowest BCUT2D eigenvalue weighted by Gasteiger charge is -2.29. The van der Waals surface area contributed by atoms with E-state index < -0.39 is 23.8 Å². The molecule has 2 atom stereocenters. The Morgan fingerprint density at radius 3 is 2.36 bits per heavy atom. The number of ether oxygens (including phenoxy) is 2. The lowest BCUT2D eigenvalue weighted by molar-refractivity contribution is -0.144. The van der Waals surface area contributed by atoms with E-state index in [0.29, 0.717) is 22.7 Å². The zero-order chi connectivity index (χ0) is 16.4. The first-order valence-corrected chi connectivity index (χ1v) is 6.88. The summed E-state index contributed by atoms with van der Waals surface area (Å²) in [7, 11) is 2.61. The van der Waals surface area contributed by atoms with Gasteiger partial charge < -0.3 is 13.9 Å². The number of carbonyl (C=O) groups excluding carboxylic acids is 2. The standard InChI is InChI=1S/C16H19NO5/c1-8-6-7-22-14(8)13-11(15(18)20-4)9(2)17-10(3)12(13)16(19)21-5/h6-7,11,13H,1-5H3/t11?,13-/m1/s1. The fourth-order valence-electron chi connectivity index (χ4n) is 2.83. The van der Waals surface area contributed by atoms with Gasteiger partial charge in [0.1, 0.15) is 11.7 Å². The van der Waals surface area contributed by atoms with Gasteiger partial charge >= 0.3 is 11.9 Å². The maximum Gasteiger partial charge on any atom is 0.336 e. The highest BCUT2D eigenvalue weighted by Crippen LogP contribution is 2.41. The van der Waals surface area contributed by atoms with E-state index in [1.165, 1.54) is 20.5 Å². The van der Waals surface area contributed by atoms with Gasteiger partial charge in [-0.3, -0.25) is 9.79 Å². The molecule has 0 aromatic carbocycles. The molecular weight excluding hydrogens is 286 g/mol. The predicted molar refractivity (Wildman–Crippen MR) is 79.5 cm³/mol. The Morgan fingerprint density at radius 2 is 1.86 bits per heavy atom. The highest BCUT2D eigenvalue weighted by Gasteiger charge is 2.44. The minimum atomic E-state index is -0.715. The van der Waals surface area contributed by atoms with Crippen LogP contribution in [0.4, 0.5) is 0 Å². The average molecular weight is 305 g/mol. The number of furan rings is 1. The van der Waals surface area contributed by atoms with E-state index in [9.17, 15) is 9.59 Å². The third kappa shape index (κ3) is 2.56. The number of allylic oxidation sites excluding steroid dienone is 1. The molecule has 0 saturated carbocycles. The number of hydrogen-bond donors (Lipinski definition) is 0.